The fraction of sp³-hybridized carbons (Fsp3) is 0.295. The minimum atomic E-state index is -0.392. The van der Waals surface area contributed by atoms with E-state index in [4.69, 9.17) is 14.7 Å². The zero-order valence-electron chi connectivity index (χ0n) is 45.6. The second kappa shape index (κ2) is 32.8. The molecule has 2 aliphatic rings. The molecule has 8 heterocycles. The summed E-state index contributed by atoms with van der Waals surface area (Å²) in [6, 6.07) is 29.6. The molecule has 8 bridgehead atoms. The van der Waals surface area contributed by atoms with Crippen molar-refractivity contribution < 1.29 is 122 Å². The number of benzene rings is 1. The van der Waals surface area contributed by atoms with Gasteiger partial charge in [0.25, 0.3) is 0 Å². The van der Waals surface area contributed by atoms with E-state index in [0.717, 1.165) is 160 Å². The number of methoxy groups -OCH3 is 1. The average molecular weight is 1460 g/mol. The number of fused-ring (bicyclic) bond motifs is 8. The predicted octanol–water partition coefficient (Wildman–Crippen LogP) is -0.432. The molecular weight excluding hydrogens is 1390 g/mol. The summed E-state index contributed by atoms with van der Waals surface area (Å²) < 4.78 is 16.9. The van der Waals surface area contributed by atoms with E-state index in [2.05, 4.69) is 170 Å². The fourth-order valence-electron chi connectivity index (χ4n) is 9.47. The molecule has 2 amide bonds. The van der Waals surface area contributed by atoms with Crippen LogP contribution in [0.5, 0.6) is 5.75 Å². The molecule has 2 aliphatic heterocycles. The summed E-state index contributed by atoms with van der Waals surface area (Å²) in [6.07, 6.45) is 26.4. The number of nitrogens with zero attached hydrogens (tertiary/aromatic N) is 5. The molecule has 0 radical (unpaired) electrons. The third kappa shape index (κ3) is 17.5. The first-order valence-corrected chi connectivity index (χ1v) is 26.5. The summed E-state index contributed by atoms with van der Waals surface area (Å²) in [5, 5.41) is 12.6. The van der Waals surface area contributed by atoms with E-state index in [9.17, 15) is 9.59 Å². The van der Waals surface area contributed by atoms with Crippen LogP contribution >= 0.6 is 0 Å². The van der Waals surface area contributed by atoms with Gasteiger partial charge in [0, 0.05) is 100 Å². The zero-order valence-corrected chi connectivity index (χ0v) is 53.3. The van der Waals surface area contributed by atoms with E-state index in [0.29, 0.717) is 26.1 Å². The summed E-state index contributed by atoms with van der Waals surface area (Å²) in [5.74, 6) is 0.838. The van der Waals surface area contributed by atoms with Gasteiger partial charge in [-0.3, -0.25) is 4.79 Å². The van der Waals surface area contributed by atoms with E-state index in [1.165, 1.54) is 7.11 Å². The Morgan fingerprint density at radius 3 is 1.21 bits per heavy atom. The maximum atomic E-state index is 12.6. The van der Waals surface area contributed by atoms with Crippen molar-refractivity contribution in [2.24, 2.45) is 21.1 Å². The first kappa shape index (κ1) is 65.3. The van der Waals surface area contributed by atoms with Crippen LogP contribution in [0.4, 0.5) is 4.79 Å². The van der Waals surface area contributed by atoms with Gasteiger partial charge in [0.2, 0.25) is 5.91 Å². The van der Waals surface area contributed by atoms with Crippen LogP contribution in [-0.4, -0.2) is 84.9 Å². The van der Waals surface area contributed by atoms with Gasteiger partial charge in [0.1, 0.15) is 26.9 Å². The van der Waals surface area contributed by atoms with Gasteiger partial charge >= 0.3 is 23.2 Å². The number of H-pyrrole nitrogens is 2. The first-order valence-electron chi connectivity index (χ1n) is 26.5. The number of amides is 2. The molecule has 6 N–H and O–H groups in total. The number of aryl methyl sites for hydroxylation is 3. The predicted molar refractivity (Wildman–Crippen MR) is 301 cm³/mol. The van der Waals surface area contributed by atoms with Crippen molar-refractivity contribution >= 4 is 58.4 Å². The van der Waals surface area contributed by atoms with E-state index in [1.807, 2.05) is 47.0 Å². The minimum absolute atomic E-state index is 0. The first-order chi connectivity index (χ1) is 37.2. The van der Waals surface area contributed by atoms with Crippen molar-refractivity contribution in [1.29, 1.82) is 0 Å². The van der Waals surface area contributed by atoms with Crippen molar-refractivity contribution in [3.05, 3.63) is 145 Å². The number of rotatable bonds is 23. The molecule has 9 rings (SSSR count). The average Bonchev–Trinajstić information content (AvgIpc) is 4.32. The van der Waals surface area contributed by atoms with Crippen LogP contribution in [0.15, 0.2) is 122 Å². The van der Waals surface area contributed by atoms with E-state index < -0.39 is 6.09 Å². The van der Waals surface area contributed by atoms with Crippen LogP contribution in [0.2, 0.25) is 0 Å². The molecule has 1 aromatic carbocycles. The van der Waals surface area contributed by atoms with Crippen LogP contribution in [0.25, 0.3) is 90.9 Å². The molecule has 80 heavy (non-hydrogen) atoms. The summed E-state index contributed by atoms with van der Waals surface area (Å²) in [4.78, 5) is 42.3. The quantitative estimate of drug-likeness (QED) is 0.0217. The normalized spacial score (nSPS) is 11.2. The fourth-order valence-corrected chi connectivity index (χ4v) is 9.47. The summed E-state index contributed by atoms with van der Waals surface area (Å²) in [6.45, 7) is 5.39. The molecule has 0 saturated carbocycles. The Morgan fingerprint density at radius 2 is 0.825 bits per heavy atom. The Hall–Kier alpha value is -5.56. The van der Waals surface area contributed by atoms with Crippen molar-refractivity contribution in [1.82, 2.24) is 41.2 Å². The Labute approximate surface area is 530 Å². The molecule has 0 fully saturated rings. The number of nitrogens with one attached hydrogen (secondary N) is 6. The topological polar surface area (TPSA) is 170 Å². The number of ether oxygens (including phenoxy) is 2. The monoisotopic (exact) mass is 1460 g/mol. The largest absolute Gasteiger partial charge is 3.00 e. The summed E-state index contributed by atoms with van der Waals surface area (Å²) >= 11 is 0. The standard InChI is InChI=1S/C61H67N11O4.3HI.Mn/c1-70-36-24-44(25-37-70)58-50-18-16-48(66-50)57(43-12-14-47(15-13-43)76-42-8-5-11-56(73)64-34-9-32-62-30-6-7-31-63-33-10-35-65-61(74)75-4)49-17-19-51(67-49)59(45-26-38-71(2)39-27-45)53-21-23-55(69-53)60(54-22-20-52(58)68-54)46-28-40-72(3)41-29-46;;;;/h12-29,36-41,62-63H,5-11,30-35,42H2,1-4H3,(H-2,64,65,66,67,68,69,73,74);3*1H;/q;;;;+3. The Bertz CT molecular complexity index is 3330. The molecule has 19 heteroatoms. The molecule has 15 nitrogen and oxygen atoms in total. The van der Waals surface area contributed by atoms with Gasteiger partial charge in [-0.25, -0.2) is 28.5 Å². The molecule has 0 spiro atoms. The number of hydrogen-bond acceptors (Lipinski definition) is 8. The van der Waals surface area contributed by atoms with Crippen LogP contribution < -0.4 is 112 Å². The van der Waals surface area contributed by atoms with Gasteiger partial charge in [-0.05, 0) is 148 Å². The van der Waals surface area contributed by atoms with Gasteiger partial charge in [0.15, 0.2) is 37.2 Å². The van der Waals surface area contributed by atoms with E-state index >= 15 is 0 Å². The molecule has 418 valence electrons. The molecule has 7 aromatic rings. The van der Waals surface area contributed by atoms with Crippen molar-refractivity contribution in [3.63, 3.8) is 0 Å². The molecule has 6 aromatic heterocycles. The summed E-state index contributed by atoms with van der Waals surface area (Å²) in [5.41, 5.74) is 15.2. The number of unbranched alkanes of at least 4 members (excludes halogenated alkanes) is 2. The van der Waals surface area contributed by atoms with Crippen LogP contribution in [-0.2, 0) is 47.7 Å². The Morgan fingerprint density at radius 1 is 0.463 bits per heavy atom. The van der Waals surface area contributed by atoms with Crippen molar-refractivity contribution in [2.45, 2.75) is 44.9 Å². The molecule has 0 unspecified atom stereocenters. The third-order valence-electron chi connectivity index (χ3n) is 13.6. The maximum absolute atomic E-state index is 12.6. The maximum Gasteiger partial charge on any atom is 3.00 e. The SMILES string of the molecule is COC(=O)NCCCNCCCCNCCCNC(=O)CCCCOc1ccc(-c2c3nc(c(-c4cc[n+](C)cc4)c4ccc([nH]4)c(-c4cc[n+](C)cc4)c4nc(c(-c5cc[n+](C)cc5)c5ccc2[nH]5)C=C4)C=C3)cc1.[I-].[I-].[I-].[Mn+3]. The number of halogens is 3. The number of carbonyl (C=O) groups is 2. The molecule has 0 aliphatic carbocycles. The number of aromatic nitrogens is 7. The molecular formula is C61H70I3MnN11O4+3. The van der Waals surface area contributed by atoms with E-state index in [1.54, 1.807) is 0 Å². The number of aromatic amines is 2. The number of alkyl carbamates (subject to hydrolysis) is 1. The van der Waals surface area contributed by atoms with Gasteiger partial charge in [-0.2, -0.15) is 0 Å². The Kier molecular flexibility index (Phi) is 26.7. The van der Waals surface area contributed by atoms with Crippen LogP contribution in [0.3, 0.4) is 0 Å². The second-order valence-electron chi connectivity index (χ2n) is 19.3. The Balaban J connectivity index is 0.00000294. The number of pyridine rings is 3. The van der Waals surface area contributed by atoms with Crippen molar-refractivity contribution in [3.8, 4) is 50.3 Å². The van der Waals surface area contributed by atoms with Gasteiger partial charge in [0.05, 0.1) is 36.5 Å². The van der Waals surface area contributed by atoms with E-state index in [-0.39, 0.29) is 94.9 Å². The second-order valence-corrected chi connectivity index (χ2v) is 19.3. The van der Waals surface area contributed by atoms with Crippen LogP contribution in [0.1, 0.15) is 67.7 Å². The van der Waals surface area contributed by atoms with Gasteiger partial charge in [-0.1, -0.05) is 12.1 Å². The molecule has 0 atom stereocenters. The minimum Gasteiger partial charge on any atom is -1.00 e. The third-order valence-corrected chi connectivity index (χ3v) is 13.6. The van der Waals surface area contributed by atoms with Gasteiger partial charge in [-0.15, -0.1) is 0 Å². The smallest absolute Gasteiger partial charge is 1.00 e. The zero-order chi connectivity index (χ0) is 52.6. The van der Waals surface area contributed by atoms with Gasteiger partial charge < -0.3 is 113 Å². The number of hydrogen-bond donors (Lipinski definition) is 6. The molecule has 0 saturated heterocycles. The number of carbonyl (C=O) groups excluding carboxylic acids is 2. The van der Waals surface area contributed by atoms with Crippen LogP contribution in [0, 0.1) is 0 Å². The summed E-state index contributed by atoms with van der Waals surface area (Å²) in [7, 11) is 7.45. The van der Waals surface area contributed by atoms with Crippen molar-refractivity contribution in [2.75, 3.05) is 53.0 Å².